The van der Waals surface area contributed by atoms with E-state index in [4.69, 9.17) is 14.2 Å². The predicted octanol–water partition coefficient (Wildman–Crippen LogP) is 3.95. The lowest BCUT2D eigenvalue weighted by Crippen LogP contribution is -2.66. The lowest BCUT2D eigenvalue weighted by molar-refractivity contribution is -0.155. The summed E-state index contributed by atoms with van der Waals surface area (Å²) in [6.07, 6.45) is -2.71. The molecule has 7 atom stereocenters. The molecule has 2 aliphatic heterocycles. The number of ether oxygens (including phenoxy) is 3. The van der Waals surface area contributed by atoms with Crippen LogP contribution in [0.2, 0.25) is 0 Å². The second kappa shape index (κ2) is 15.6. The minimum atomic E-state index is -4.48. The Labute approximate surface area is 328 Å². The highest BCUT2D eigenvalue weighted by Gasteiger charge is 2.64. The number of nitrogens with one attached hydrogen (secondary N) is 2. The number of sulfonamides is 1. The minimum Gasteiger partial charge on any atom is -0.494 e. The molecule has 0 radical (unpaired) electrons. The number of carboxylic acid groups (broad SMARTS) is 1. The van der Waals surface area contributed by atoms with Crippen LogP contribution in [0.4, 0.5) is 18.0 Å². The number of aromatic nitrogens is 1. The number of allylic oxidation sites excluding steroid dienone is 1. The van der Waals surface area contributed by atoms with E-state index in [9.17, 15) is 45.9 Å². The fourth-order valence-electron chi connectivity index (χ4n) is 7.77. The molecule has 2 aliphatic carbocycles. The fourth-order valence-corrected chi connectivity index (χ4v) is 9.20. The van der Waals surface area contributed by atoms with Crippen LogP contribution in [-0.4, -0.2) is 125 Å². The summed E-state index contributed by atoms with van der Waals surface area (Å²) in [6, 6.07) is 3.65. The standard InChI is InChI=1S/C38H48F3N5O10S/c1-21-10-6-7-11-23-17-38(23,34(49)44-57(52,53)37(20-39)14-15-37)43-30(47)27-16-24(56-31-26-13-9-8-12-25(26)28(54-5)18-42-31)19-45(27)32(48)29(22(2)55-21)46(35(50)51)36(3,4)33(40)41/h7-9,11-13,18,21-24,27,29,33H,6,10,14-17,19-20H2,1-5H3,(H,43,47)(H,44,49)(H,50,51)/b11-7-/t21-,22+,23-,24-,27+,29+,38-/m1/s1. The number of carbonyl (C=O) groups is 4. The number of nitrogens with zero attached hydrogens (tertiary/aromatic N) is 3. The van der Waals surface area contributed by atoms with Crippen LogP contribution >= 0.6 is 0 Å². The summed E-state index contributed by atoms with van der Waals surface area (Å²) in [5.74, 6) is -3.15. The number of hydrogen-bond acceptors (Lipinski definition) is 10. The second-order valence-corrected chi connectivity index (χ2v) is 18.0. The Hall–Kier alpha value is -4.65. The van der Waals surface area contributed by atoms with Gasteiger partial charge in [-0.05, 0) is 65.9 Å². The summed E-state index contributed by atoms with van der Waals surface area (Å²) < 4.78 is 87.6. The van der Waals surface area contributed by atoms with Gasteiger partial charge in [0.15, 0.2) is 0 Å². The molecule has 1 aromatic carbocycles. The van der Waals surface area contributed by atoms with Crippen molar-refractivity contribution < 1.29 is 60.1 Å². The van der Waals surface area contributed by atoms with Crippen molar-refractivity contribution in [2.45, 2.75) is 119 Å². The van der Waals surface area contributed by atoms with Gasteiger partial charge >= 0.3 is 6.09 Å². The number of amides is 4. The largest absolute Gasteiger partial charge is 0.494 e. The molecule has 1 aromatic heterocycles. The van der Waals surface area contributed by atoms with E-state index in [1.165, 1.54) is 20.2 Å². The second-order valence-electron chi connectivity index (χ2n) is 15.9. The fraction of sp³-hybridized carbons (Fsp3) is 0.605. The summed E-state index contributed by atoms with van der Waals surface area (Å²) in [5, 5.41) is 14.3. The van der Waals surface area contributed by atoms with Gasteiger partial charge in [0.1, 0.15) is 46.4 Å². The highest BCUT2D eigenvalue weighted by molar-refractivity contribution is 7.91. The maximum atomic E-state index is 14.9. The number of fused-ring (bicyclic) bond motifs is 3. The maximum Gasteiger partial charge on any atom is 0.408 e. The molecule has 0 bridgehead atoms. The first-order valence-corrected chi connectivity index (χ1v) is 20.3. The van der Waals surface area contributed by atoms with Crippen molar-refractivity contribution in [1.29, 1.82) is 0 Å². The van der Waals surface area contributed by atoms with E-state index < -0.39 is 99.1 Å². The molecule has 0 unspecified atom stereocenters. The SMILES string of the molecule is COc1cnc(O[C@@H]2C[C@H]3C(=O)N[C@]4(C(=O)NS(=O)(=O)C5(CF)CC5)C[C@H]4/C=C\CC[C@@H](C)O[C@@H](C)[C@H](N(C(=O)O)C(C)(C)C(F)F)C(=O)N3C2)c2ccccc12. The number of hydrogen-bond donors (Lipinski definition) is 3. The number of carbonyl (C=O) groups excluding carboxylic acids is 3. The van der Waals surface area contributed by atoms with Gasteiger partial charge in [0.05, 0.1) is 32.1 Å². The molecule has 15 nitrogen and oxygen atoms in total. The molecule has 4 amide bonds. The average Bonchev–Trinajstić information content (AvgIpc) is 4.06. The molecular weight excluding hydrogens is 776 g/mol. The Bertz CT molecular complexity index is 2050. The monoisotopic (exact) mass is 823 g/mol. The number of halogens is 3. The lowest BCUT2D eigenvalue weighted by Gasteiger charge is -2.44. The molecular formula is C38H48F3N5O10S. The molecule has 1 saturated heterocycles. The Morgan fingerprint density at radius 3 is 2.49 bits per heavy atom. The number of benzene rings is 1. The van der Waals surface area contributed by atoms with Crippen LogP contribution in [0, 0.1) is 5.92 Å². The van der Waals surface area contributed by atoms with Crippen molar-refractivity contribution in [1.82, 2.24) is 24.8 Å². The van der Waals surface area contributed by atoms with E-state index >= 15 is 0 Å². The van der Waals surface area contributed by atoms with Crippen LogP contribution in [0.15, 0.2) is 42.6 Å². The summed E-state index contributed by atoms with van der Waals surface area (Å²) in [6.45, 7) is 3.48. The van der Waals surface area contributed by atoms with Crippen LogP contribution < -0.4 is 19.5 Å². The Morgan fingerprint density at radius 2 is 1.88 bits per heavy atom. The molecule has 3 fully saturated rings. The molecule has 312 valence electrons. The van der Waals surface area contributed by atoms with Gasteiger partial charge in [0.25, 0.3) is 12.3 Å². The number of pyridine rings is 1. The lowest BCUT2D eigenvalue weighted by atomic mass is 9.97. The smallest absolute Gasteiger partial charge is 0.408 e. The van der Waals surface area contributed by atoms with Gasteiger partial charge in [-0.1, -0.05) is 30.4 Å². The molecule has 19 heteroatoms. The maximum absolute atomic E-state index is 14.9. The summed E-state index contributed by atoms with van der Waals surface area (Å²) in [7, 11) is -3.01. The molecule has 6 rings (SSSR count). The third-order valence-corrected chi connectivity index (χ3v) is 13.7. The van der Waals surface area contributed by atoms with E-state index in [1.54, 1.807) is 43.3 Å². The quantitative estimate of drug-likeness (QED) is 0.294. The zero-order valence-electron chi connectivity index (χ0n) is 32.2. The van der Waals surface area contributed by atoms with Crippen molar-refractivity contribution in [3.05, 3.63) is 42.6 Å². The van der Waals surface area contributed by atoms with Gasteiger partial charge in [0.2, 0.25) is 27.7 Å². The number of rotatable bonds is 10. The number of methoxy groups -OCH3 is 1. The molecule has 57 heavy (non-hydrogen) atoms. The van der Waals surface area contributed by atoms with E-state index in [0.29, 0.717) is 34.3 Å². The van der Waals surface area contributed by atoms with Crippen molar-refractivity contribution in [2.75, 3.05) is 20.3 Å². The van der Waals surface area contributed by atoms with E-state index in [0.717, 1.165) is 18.7 Å². The van der Waals surface area contributed by atoms with Gasteiger partial charge in [-0.3, -0.25) is 24.0 Å². The third kappa shape index (κ3) is 7.83. The third-order valence-electron chi connectivity index (χ3n) is 11.6. The van der Waals surface area contributed by atoms with Gasteiger partial charge in [-0.15, -0.1) is 0 Å². The van der Waals surface area contributed by atoms with Gasteiger partial charge in [-0.2, -0.15) is 0 Å². The molecule has 3 N–H and O–H groups in total. The van der Waals surface area contributed by atoms with E-state index in [2.05, 4.69) is 10.3 Å². The van der Waals surface area contributed by atoms with Crippen LogP contribution in [0.3, 0.4) is 0 Å². The highest BCUT2D eigenvalue weighted by Crippen LogP contribution is 2.48. The van der Waals surface area contributed by atoms with Gasteiger partial charge < -0.3 is 29.5 Å². The van der Waals surface area contributed by atoms with Crippen molar-refractivity contribution in [3.8, 4) is 11.6 Å². The normalized spacial score (nSPS) is 29.6. The van der Waals surface area contributed by atoms with Crippen LogP contribution in [0.25, 0.3) is 10.8 Å². The van der Waals surface area contributed by atoms with Crippen molar-refractivity contribution in [2.24, 2.45) is 5.92 Å². The first-order chi connectivity index (χ1) is 26.8. The zero-order chi connectivity index (χ0) is 41.7. The average molecular weight is 824 g/mol. The molecule has 2 aromatic rings. The van der Waals surface area contributed by atoms with Crippen molar-refractivity contribution >= 4 is 44.6 Å². The molecule has 2 saturated carbocycles. The topological polar surface area (TPSA) is 194 Å². The minimum absolute atomic E-state index is 0.0171. The Balaban J connectivity index is 1.41. The van der Waals surface area contributed by atoms with E-state index in [-0.39, 0.29) is 38.1 Å². The number of alkyl halides is 3. The first-order valence-electron chi connectivity index (χ1n) is 18.8. The van der Waals surface area contributed by atoms with Crippen molar-refractivity contribution in [3.63, 3.8) is 0 Å². The Morgan fingerprint density at radius 1 is 1.19 bits per heavy atom. The van der Waals surface area contributed by atoms with Crippen LogP contribution in [-0.2, 0) is 29.1 Å². The summed E-state index contributed by atoms with van der Waals surface area (Å²) in [4.78, 5) is 61.9. The van der Waals surface area contributed by atoms with Gasteiger partial charge in [0, 0.05) is 23.1 Å². The summed E-state index contributed by atoms with van der Waals surface area (Å²) >= 11 is 0. The summed E-state index contributed by atoms with van der Waals surface area (Å²) in [5.41, 5.74) is -4.22. The molecule has 4 aliphatic rings. The zero-order valence-corrected chi connectivity index (χ0v) is 33.1. The highest BCUT2D eigenvalue weighted by atomic mass is 32.2. The van der Waals surface area contributed by atoms with Gasteiger partial charge in [-0.25, -0.2) is 31.4 Å². The molecule has 3 heterocycles. The Kier molecular flexibility index (Phi) is 11.5. The van der Waals surface area contributed by atoms with E-state index in [1.807, 2.05) is 4.72 Å². The first kappa shape index (κ1) is 42.0. The van der Waals surface area contributed by atoms with Crippen LogP contribution in [0.5, 0.6) is 11.6 Å². The predicted molar refractivity (Wildman–Crippen MR) is 199 cm³/mol. The van der Waals surface area contributed by atoms with Crippen LogP contribution in [0.1, 0.15) is 66.2 Å². The molecule has 0 spiro atoms.